The molecule has 1 aromatic rings. The fourth-order valence-electron chi connectivity index (χ4n) is 2.27. The lowest BCUT2D eigenvalue weighted by Gasteiger charge is -2.35. The lowest BCUT2D eigenvalue weighted by Crippen LogP contribution is -2.43. The first-order valence-electron chi connectivity index (χ1n) is 5.90. The van der Waals surface area contributed by atoms with Crippen LogP contribution in [0.3, 0.4) is 0 Å². The molecule has 0 aromatic heterocycles. The van der Waals surface area contributed by atoms with Gasteiger partial charge in [-0.25, -0.2) is 0 Å². The van der Waals surface area contributed by atoms with Crippen LogP contribution in [0.1, 0.15) is 12.0 Å². The summed E-state index contributed by atoms with van der Waals surface area (Å²) in [6.07, 6.45) is 1.21. The molecule has 0 bridgehead atoms. The Morgan fingerprint density at radius 3 is 2.69 bits per heavy atom. The molecule has 1 fully saturated rings. The fourth-order valence-corrected chi connectivity index (χ4v) is 3.16. The third-order valence-electron chi connectivity index (χ3n) is 3.31. The molecule has 16 heavy (non-hydrogen) atoms. The highest BCUT2D eigenvalue weighted by Crippen LogP contribution is 2.24. The van der Waals surface area contributed by atoms with E-state index in [1.54, 1.807) is 0 Å². The van der Waals surface area contributed by atoms with E-state index >= 15 is 0 Å². The number of rotatable bonds is 3. The Hall–Kier alpha value is -0.380. The molecular formula is C13H19BrN2. The van der Waals surface area contributed by atoms with E-state index in [-0.39, 0.29) is 0 Å². The Bertz CT molecular complexity index is 315. The van der Waals surface area contributed by atoms with Gasteiger partial charge in [0.1, 0.15) is 0 Å². The van der Waals surface area contributed by atoms with E-state index in [4.69, 9.17) is 5.73 Å². The third kappa shape index (κ3) is 3.06. The van der Waals surface area contributed by atoms with Gasteiger partial charge in [-0.05, 0) is 31.0 Å². The van der Waals surface area contributed by atoms with Gasteiger partial charge < -0.3 is 5.73 Å². The van der Waals surface area contributed by atoms with E-state index in [1.165, 1.54) is 18.5 Å². The third-order valence-corrected chi connectivity index (χ3v) is 4.35. The first-order valence-corrected chi connectivity index (χ1v) is 6.81. The smallest absolute Gasteiger partial charge is 0.0314 e. The number of benzene rings is 1. The Balaban J connectivity index is 1.89. The van der Waals surface area contributed by atoms with Crippen molar-refractivity contribution < 1.29 is 0 Å². The van der Waals surface area contributed by atoms with Crippen molar-refractivity contribution in [3.05, 3.63) is 35.9 Å². The highest BCUT2D eigenvalue weighted by Gasteiger charge is 2.25. The fraction of sp³-hybridized carbons (Fsp3) is 0.538. The summed E-state index contributed by atoms with van der Waals surface area (Å²) in [6, 6.07) is 10.7. The highest BCUT2D eigenvalue weighted by atomic mass is 79.9. The van der Waals surface area contributed by atoms with Crippen LogP contribution in [0.2, 0.25) is 0 Å². The van der Waals surface area contributed by atoms with Gasteiger partial charge in [0.2, 0.25) is 0 Å². The molecule has 0 saturated carbocycles. The molecule has 0 amide bonds. The van der Waals surface area contributed by atoms with E-state index in [2.05, 4.69) is 51.2 Å². The van der Waals surface area contributed by atoms with E-state index in [1.807, 2.05) is 0 Å². The molecular weight excluding hydrogens is 264 g/mol. The maximum atomic E-state index is 5.74. The van der Waals surface area contributed by atoms with Gasteiger partial charge in [-0.1, -0.05) is 46.3 Å². The van der Waals surface area contributed by atoms with Crippen LogP contribution in [0.15, 0.2) is 30.3 Å². The van der Waals surface area contributed by atoms with Gasteiger partial charge >= 0.3 is 0 Å². The molecule has 3 heteroatoms. The number of likely N-dealkylation sites (tertiary alicyclic amines) is 1. The molecule has 1 heterocycles. The summed E-state index contributed by atoms with van der Waals surface area (Å²) in [5.41, 5.74) is 7.14. The first-order chi connectivity index (χ1) is 7.79. The number of halogens is 1. The number of nitrogens with zero attached hydrogens (tertiary/aromatic N) is 1. The molecule has 88 valence electrons. The van der Waals surface area contributed by atoms with Crippen molar-refractivity contribution in [1.29, 1.82) is 0 Å². The molecule has 2 N–H and O–H groups in total. The maximum absolute atomic E-state index is 5.74. The van der Waals surface area contributed by atoms with E-state index in [0.29, 0.717) is 10.7 Å². The molecule has 2 nitrogen and oxygen atoms in total. The van der Waals surface area contributed by atoms with Crippen LogP contribution < -0.4 is 5.73 Å². The summed E-state index contributed by atoms with van der Waals surface area (Å²) in [5, 5.41) is 0. The molecule has 1 aliphatic rings. The average molecular weight is 283 g/mol. The second-order valence-electron chi connectivity index (χ2n) is 4.52. The van der Waals surface area contributed by atoms with Gasteiger partial charge in [0.25, 0.3) is 0 Å². The first kappa shape index (κ1) is 12.1. The quantitative estimate of drug-likeness (QED) is 0.862. The predicted octanol–water partition coefficient (Wildman–Crippen LogP) is 2.23. The average Bonchev–Trinajstić information content (AvgIpc) is 2.31. The monoisotopic (exact) mass is 282 g/mol. The second kappa shape index (κ2) is 5.80. The molecule has 1 saturated heterocycles. The lowest BCUT2D eigenvalue weighted by atomic mass is 9.96. The lowest BCUT2D eigenvalue weighted by molar-refractivity contribution is 0.189. The minimum atomic E-state index is 0.551. The van der Waals surface area contributed by atoms with Crippen LogP contribution >= 0.6 is 15.9 Å². The van der Waals surface area contributed by atoms with Gasteiger partial charge in [0.05, 0.1) is 0 Å². The van der Waals surface area contributed by atoms with Crippen molar-refractivity contribution >= 4 is 15.9 Å². The van der Waals surface area contributed by atoms with Crippen molar-refractivity contribution in [1.82, 2.24) is 4.90 Å². The SMILES string of the molecule is NCC1CCN(Cc2ccccc2)CC1Br. The number of hydrogen-bond acceptors (Lipinski definition) is 2. The summed E-state index contributed by atoms with van der Waals surface area (Å²) in [7, 11) is 0. The van der Waals surface area contributed by atoms with Crippen molar-refractivity contribution in [3.63, 3.8) is 0 Å². The molecule has 0 spiro atoms. The Labute approximate surface area is 106 Å². The number of alkyl halides is 1. The van der Waals surface area contributed by atoms with Crippen LogP contribution in [0.4, 0.5) is 0 Å². The van der Waals surface area contributed by atoms with E-state index in [0.717, 1.165) is 19.6 Å². The summed E-state index contributed by atoms with van der Waals surface area (Å²) in [5.74, 6) is 0.645. The van der Waals surface area contributed by atoms with Gasteiger partial charge in [0, 0.05) is 17.9 Å². The zero-order valence-electron chi connectivity index (χ0n) is 9.48. The van der Waals surface area contributed by atoms with Crippen molar-refractivity contribution in [2.24, 2.45) is 11.7 Å². The van der Waals surface area contributed by atoms with Crippen molar-refractivity contribution in [2.45, 2.75) is 17.8 Å². The van der Waals surface area contributed by atoms with Crippen molar-refractivity contribution in [3.8, 4) is 0 Å². The van der Waals surface area contributed by atoms with Gasteiger partial charge in [0.15, 0.2) is 0 Å². The Kier molecular flexibility index (Phi) is 4.38. The van der Waals surface area contributed by atoms with Crippen LogP contribution in [0.25, 0.3) is 0 Å². The number of nitrogens with two attached hydrogens (primary N) is 1. The van der Waals surface area contributed by atoms with Crippen LogP contribution in [-0.2, 0) is 6.54 Å². The molecule has 0 aliphatic carbocycles. The zero-order valence-corrected chi connectivity index (χ0v) is 11.1. The van der Waals surface area contributed by atoms with Gasteiger partial charge in [-0.3, -0.25) is 4.90 Å². The Morgan fingerprint density at radius 2 is 2.06 bits per heavy atom. The molecule has 1 aromatic carbocycles. The van der Waals surface area contributed by atoms with Crippen LogP contribution in [0, 0.1) is 5.92 Å². The highest BCUT2D eigenvalue weighted by molar-refractivity contribution is 9.09. The Morgan fingerprint density at radius 1 is 1.31 bits per heavy atom. The minimum absolute atomic E-state index is 0.551. The zero-order chi connectivity index (χ0) is 11.4. The number of piperidine rings is 1. The predicted molar refractivity (Wildman–Crippen MR) is 71.6 cm³/mol. The van der Waals surface area contributed by atoms with E-state index in [9.17, 15) is 0 Å². The van der Waals surface area contributed by atoms with Crippen LogP contribution in [-0.4, -0.2) is 29.4 Å². The maximum Gasteiger partial charge on any atom is 0.0314 e. The second-order valence-corrected chi connectivity index (χ2v) is 5.70. The van der Waals surface area contributed by atoms with E-state index < -0.39 is 0 Å². The summed E-state index contributed by atoms with van der Waals surface area (Å²) < 4.78 is 0. The summed E-state index contributed by atoms with van der Waals surface area (Å²) >= 11 is 3.75. The largest absolute Gasteiger partial charge is 0.330 e. The standard InChI is InChI=1S/C13H19BrN2/c14-13-10-16(7-6-12(13)8-15)9-11-4-2-1-3-5-11/h1-5,12-13H,6-10,15H2. The van der Waals surface area contributed by atoms with Crippen LogP contribution in [0.5, 0.6) is 0 Å². The van der Waals surface area contributed by atoms with Gasteiger partial charge in [-0.15, -0.1) is 0 Å². The summed E-state index contributed by atoms with van der Waals surface area (Å²) in [6.45, 7) is 4.13. The van der Waals surface area contributed by atoms with Gasteiger partial charge in [-0.2, -0.15) is 0 Å². The number of hydrogen-bond donors (Lipinski definition) is 1. The van der Waals surface area contributed by atoms with Crippen molar-refractivity contribution in [2.75, 3.05) is 19.6 Å². The topological polar surface area (TPSA) is 29.3 Å². The minimum Gasteiger partial charge on any atom is -0.330 e. The molecule has 0 radical (unpaired) electrons. The normalized spacial score (nSPS) is 26.9. The summed E-state index contributed by atoms with van der Waals surface area (Å²) in [4.78, 5) is 3.05. The molecule has 2 rings (SSSR count). The molecule has 1 aliphatic heterocycles. The molecule has 2 atom stereocenters. The molecule has 2 unspecified atom stereocenters.